The van der Waals surface area contributed by atoms with Crippen LogP contribution in [0.4, 0.5) is 0 Å². The average molecular weight is 448 g/mol. The highest BCUT2D eigenvalue weighted by Gasteiger charge is 2.25. The smallest absolute Gasteiger partial charge is 0.269 e. The van der Waals surface area contributed by atoms with Gasteiger partial charge in [0.1, 0.15) is 6.04 Å². The molecule has 168 valence electrons. The van der Waals surface area contributed by atoms with E-state index in [1.807, 2.05) is 13.8 Å². The van der Waals surface area contributed by atoms with E-state index in [1.165, 1.54) is 18.4 Å². The number of ether oxygens (including phenoxy) is 2. The molecule has 1 atom stereocenters. The number of carbonyl (C=O) groups excluding carboxylic acids is 3. The number of hydrazine groups is 1. The molecular weight excluding hydrogens is 418 g/mol. The SMILES string of the molecule is CCCCOc1ccc(C(=O)NNC(=O)C(NC(=O)c2cccs2)C(C)C)cc1OC. The number of carbonyl (C=O) groups is 3. The zero-order chi connectivity index (χ0) is 22.8. The Morgan fingerprint density at radius 1 is 1.06 bits per heavy atom. The lowest BCUT2D eigenvalue weighted by Crippen LogP contribution is -2.54. The molecule has 1 aromatic carbocycles. The fourth-order valence-electron chi connectivity index (χ4n) is 2.68. The number of unbranched alkanes of at least 4 members (excludes halogenated alkanes) is 1. The molecule has 0 aliphatic heterocycles. The molecule has 0 bridgehead atoms. The summed E-state index contributed by atoms with van der Waals surface area (Å²) in [4.78, 5) is 37.8. The topological polar surface area (TPSA) is 106 Å². The van der Waals surface area contributed by atoms with Gasteiger partial charge in [-0.15, -0.1) is 11.3 Å². The van der Waals surface area contributed by atoms with E-state index >= 15 is 0 Å². The number of hydrogen-bond acceptors (Lipinski definition) is 6. The lowest BCUT2D eigenvalue weighted by Gasteiger charge is -2.21. The summed E-state index contributed by atoms with van der Waals surface area (Å²) in [7, 11) is 1.50. The Bertz CT molecular complexity index is 883. The first-order valence-electron chi connectivity index (χ1n) is 10.1. The predicted molar refractivity (Wildman–Crippen MR) is 119 cm³/mol. The number of thiophene rings is 1. The summed E-state index contributed by atoms with van der Waals surface area (Å²) in [5.41, 5.74) is 5.06. The molecule has 0 aliphatic carbocycles. The second-order valence-corrected chi connectivity index (χ2v) is 8.13. The fraction of sp³-hybridized carbons (Fsp3) is 0.409. The van der Waals surface area contributed by atoms with Crippen LogP contribution in [-0.4, -0.2) is 37.5 Å². The molecule has 2 rings (SSSR count). The van der Waals surface area contributed by atoms with Crippen molar-refractivity contribution >= 4 is 29.1 Å². The van der Waals surface area contributed by atoms with Gasteiger partial charge in [-0.25, -0.2) is 0 Å². The Balaban J connectivity index is 1.97. The van der Waals surface area contributed by atoms with Crippen molar-refractivity contribution in [2.24, 2.45) is 5.92 Å². The van der Waals surface area contributed by atoms with Gasteiger partial charge in [0.25, 0.3) is 17.7 Å². The Morgan fingerprint density at radius 2 is 1.84 bits per heavy atom. The molecular formula is C22H29N3O5S. The van der Waals surface area contributed by atoms with Crippen LogP contribution in [-0.2, 0) is 4.79 Å². The molecule has 3 N–H and O–H groups in total. The van der Waals surface area contributed by atoms with Gasteiger partial charge < -0.3 is 14.8 Å². The highest BCUT2D eigenvalue weighted by Crippen LogP contribution is 2.28. The Kier molecular flexibility index (Phi) is 9.33. The molecule has 0 radical (unpaired) electrons. The Morgan fingerprint density at radius 3 is 2.45 bits per heavy atom. The van der Waals surface area contributed by atoms with Crippen molar-refractivity contribution in [1.82, 2.24) is 16.2 Å². The van der Waals surface area contributed by atoms with E-state index in [0.29, 0.717) is 28.5 Å². The summed E-state index contributed by atoms with van der Waals surface area (Å²) in [5, 5.41) is 4.49. The monoisotopic (exact) mass is 447 g/mol. The third-order valence-electron chi connectivity index (χ3n) is 4.46. The lowest BCUT2D eigenvalue weighted by molar-refractivity contribution is -0.124. The molecule has 1 aromatic heterocycles. The van der Waals surface area contributed by atoms with E-state index in [1.54, 1.807) is 35.7 Å². The summed E-state index contributed by atoms with van der Waals surface area (Å²) in [6, 6.07) is 7.42. The molecule has 0 aliphatic rings. The van der Waals surface area contributed by atoms with E-state index in [9.17, 15) is 14.4 Å². The van der Waals surface area contributed by atoms with Crippen molar-refractivity contribution in [2.75, 3.05) is 13.7 Å². The first-order chi connectivity index (χ1) is 14.9. The van der Waals surface area contributed by atoms with Crippen molar-refractivity contribution in [3.05, 3.63) is 46.2 Å². The number of nitrogens with one attached hydrogen (secondary N) is 3. The van der Waals surface area contributed by atoms with Crippen LogP contribution < -0.4 is 25.6 Å². The minimum absolute atomic E-state index is 0.180. The molecule has 0 saturated carbocycles. The van der Waals surface area contributed by atoms with Crippen molar-refractivity contribution in [3.8, 4) is 11.5 Å². The maximum absolute atomic E-state index is 12.6. The van der Waals surface area contributed by atoms with Crippen molar-refractivity contribution in [2.45, 2.75) is 39.7 Å². The van der Waals surface area contributed by atoms with Gasteiger partial charge in [-0.05, 0) is 42.0 Å². The largest absolute Gasteiger partial charge is 0.493 e. The molecule has 1 unspecified atom stereocenters. The second-order valence-electron chi connectivity index (χ2n) is 7.18. The highest BCUT2D eigenvalue weighted by molar-refractivity contribution is 7.12. The molecule has 0 saturated heterocycles. The quantitative estimate of drug-likeness (QED) is 0.383. The van der Waals surface area contributed by atoms with Crippen molar-refractivity contribution < 1.29 is 23.9 Å². The van der Waals surface area contributed by atoms with E-state index in [4.69, 9.17) is 9.47 Å². The van der Waals surface area contributed by atoms with E-state index in [0.717, 1.165) is 12.8 Å². The summed E-state index contributed by atoms with van der Waals surface area (Å²) in [5.74, 6) is -0.566. The summed E-state index contributed by atoms with van der Waals surface area (Å²) in [6.07, 6.45) is 1.92. The van der Waals surface area contributed by atoms with Gasteiger partial charge in [-0.3, -0.25) is 25.2 Å². The maximum atomic E-state index is 12.6. The number of hydrogen-bond donors (Lipinski definition) is 3. The number of benzene rings is 1. The first-order valence-corrected chi connectivity index (χ1v) is 11.0. The van der Waals surface area contributed by atoms with Gasteiger partial charge >= 0.3 is 0 Å². The lowest BCUT2D eigenvalue weighted by atomic mass is 10.0. The first kappa shape index (κ1) is 24.2. The zero-order valence-corrected chi connectivity index (χ0v) is 19.0. The minimum Gasteiger partial charge on any atom is -0.493 e. The molecule has 0 fully saturated rings. The van der Waals surface area contributed by atoms with E-state index in [-0.39, 0.29) is 11.8 Å². The normalized spacial score (nSPS) is 11.5. The Hall–Kier alpha value is -3.07. The van der Waals surface area contributed by atoms with Crippen LogP contribution >= 0.6 is 11.3 Å². The second kappa shape index (κ2) is 11.9. The van der Waals surface area contributed by atoms with Crippen LogP contribution in [0.5, 0.6) is 11.5 Å². The van der Waals surface area contributed by atoms with Gasteiger partial charge in [0.15, 0.2) is 11.5 Å². The average Bonchev–Trinajstić information content (AvgIpc) is 3.30. The van der Waals surface area contributed by atoms with Crippen LogP contribution in [0.15, 0.2) is 35.7 Å². The summed E-state index contributed by atoms with van der Waals surface area (Å²) in [6.45, 7) is 6.24. The molecule has 31 heavy (non-hydrogen) atoms. The Labute approximate surface area is 186 Å². The van der Waals surface area contributed by atoms with Gasteiger partial charge in [0.05, 0.1) is 18.6 Å². The van der Waals surface area contributed by atoms with Crippen molar-refractivity contribution in [1.29, 1.82) is 0 Å². The molecule has 2 aromatic rings. The molecule has 0 spiro atoms. The molecule has 1 heterocycles. The standard InChI is InChI=1S/C22H29N3O5S/c1-5-6-11-30-16-10-9-15(13-17(16)29-4)20(26)24-25-22(28)19(14(2)3)23-21(27)18-8-7-12-31-18/h7-10,12-14,19H,5-6,11H2,1-4H3,(H,23,27)(H,24,26)(H,25,28). The van der Waals surface area contributed by atoms with Crippen LogP contribution in [0, 0.1) is 5.92 Å². The number of methoxy groups -OCH3 is 1. The fourth-order valence-corrected chi connectivity index (χ4v) is 3.30. The summed E-state index contributed by atoms with van der Waals surface area (Å²) >= 11 is 1.29. The van der Waals surface area contributed by atoms with Crippen LogP contribution in [0.3, 0.4) is 0 Å². The van der Waals surface area contributed by atoms with Crippen molar-refractivity contribution in [3.63, 3.8) is 0 Å². The minimum atomic E-state index is -0.807. The third kappa shape index (κ3) is 6.99. The van der Waals surface area contributed by atoms with Gasteiger partial charge in [0, 0.05) is 5.56 Å². The van der Waals surface area contributed by atoms with Gasteiger partial charge in [0.2, 0.25) is 0 Å². The predicted octanol–water partition coefficient (Wildman–Crippen LogP) is 3.15. The van der Waals surface area contributed by atoms with E-state index in [2.05, 4.69) is 23.1 Å². The molecule has 9 heteroatoms. The number of rotatable bonds is 10. The maximum Gasteiger partial charge on any atom is 0.269 e. The van der Waals surface area contributed by atoms with Crippen LogP contribution in [0.1, 0.15) is 53.6 Å². The van der Waals surface area contributed by atoms with Gasteiger partial charge in [-0.2, -0.15) is 0 Å². The zero-order valence-electron chi connectivity index (χ0n) is 18.2. The van der Waals surface area contributed by atoms with Crippen LogP contribution in [0.2, 0.25) is 0 Å². The van der Waals surface area contributed by atoms with Gasteiger partial charge in [-0.1, -0.05) is 33.3 Å². The molecule has 8 nitrogen and oxygen atoms in total. The van der Waals surface area contributed by atoms with Crippen LogP contribution in [0.25, 0.3) is 0 Å². The van der Waals surface area contributed by atoms with E-state index < -0.39 is 17.9 Å². The third-order valence-corrected chi connectivity index (χ3v) is 5.33. The molecule has 3 amide bonds. The highest BCUT2D eigenvalue weighted by atomic mass is 32.1. The summed E-state index contributed by atoms with van der Waals surface area (Å²) < 4.78 is 11.0. The number of amides is 3.